The number of benzene rings is 1. The molecule has 1 fully saturated rings. The Morgan fingerprint density at radius 1 is 1.08 bits per heavy atom. The number of pyridine rings is 1. The summed E-state index contributed by atoms with van der Waals surface area (Å²) in [7, 11) is 0. The zero-order valence-corrected chi connectivity index (χ0v) is 14.7. The van der Waals surface area contributed by atoms with E-state index >= 15 is 0 Å². The summed E-state index contributed by atoms with van der Waals surface area (Å²) in [5.41, 5.74) is 5.65. The summed E-state index contributed by atoms with van der Waals surface area (Å²) in [6.07, 6.45) is 8.97. The van der Waals surface area contributed by atoms with Crippen LogP contribution in [0.2, 0.25) is 0 Å². The number of hydrogen-bond donors (Lipinski definition) is 0. The van der Waals surface area contributed by atoms with E-state index in [0.29, 0.717) is 5.92 Å². The molecule has 1 aliphatic heterocycles. The van der Waals surface area contributed by atoms with Crippen molar-refractivity contribution in [1.29, 1.82) is 0 Å². The molecule has 2 heteroatoms. The molecule has 0 N–H and O–H groups in total. The second-order valence-electron chi connectivity index (χ2n) is 7.60. The van der Waals surface area contributed by atoms with E-state index in [9.17, 15) is 0 Å². The minimum Gasteiger partial charge on any atom is -0.299 e. The number of aromatic nitrogens is 1. The van der Waals surface area contributed by atoms with Crippen LogP contribution in [0.25, 0.3) is 6.08 Å². The Hall–Kier alpha value is -1.93. The second-order valence-corrected chi connectivity index (χ2v) is 7.60. The summed E-state index contributed by atoms with van der Waals surface area (Å²) < 4.78 is 0. The highest BCUT2D eigenvalue weighted by atomic mass is 15.1. The molecule has 0 unspecified atom stereocenters. The molecule has 0 amide bonds. The average molecular weight is 318 g/mol. The fourth-order valence-corrected chi connectivity index (χ4v) is 4.08. The first-order valence-corrected chi connectivity index (χ1v) is 9.12. The first-order chi connectivity index (χ1) is 11.7. The van der Waals surface area contributed by atoms with Gasteiger partial charge in [-0.25, -0.2) is 0 Å². The van der Waals surface area contributed by atoms with Gasteiger partial charge in [-0.3, -0.25) is 9.88 Å². The van der Waals surface area contributed by atoms with Crippen molar-refractivity contribution in [2.24, 2.45) is 0 Å². The predicted molar refractivity (Wildman–Crippen MR) is 100.0 cm³/mol. The van der Waals surface area contributed by atoms with Gasteiger partial charge in [0.1, 0.15) is 0 Å². The minimum atomic E-state index is 0.189. The Morgan fingerprint density at radius 2 is 1.83 bits per heavy atom. The van der Waals surface area contributed by atoms with Gasteiger partial charge in [-0.1, -0.05) is 56.3 Å². The lowest BCUT2D eigenvalue weighted by Gasteiger charge is -2.38. The predicted octanol–water partition coefficient (Wildman–Crippen LogP) is 4.77. The standard InChI is InChI=1S/C22H26N2/c1-17(2)19-7-5-18(6-8-19)16-24-14-11-22(12-15-24)10-9-20-4-3-13-23-21(20)22/h3-10,13,17H,11-12,14-16H2,1-2H3. The van der Waals surface area contributed by atoms with Gasteiger partial charge in [0.15, 0.2) is 0 Å². The van der Waals surface area contributed by atoms with E-state index in [1.807, 2.05) is 12.3 Å². The maximum atomic E-state index is 4.69. The molecule has 1 saturated heterocycles. The molecule has 2 aromatic rings. The summed E-state index contributed by atoms with van der Waals surface area (Å²) in [5, 5.41) is 0. The van der Waals surface area contributed by atoms with Gasteiger partial charge in [-0.05, 0) is 54.6 Å². The first kappa shape index (κ1) is 15.6. The van der Waals surface area contributed by atoms with Gasteiger partial charge in [0.2, 0.25) is 0 Å². The van der Waals surface area contributed by atoms with Crippen LogP contribution in [0.5, 0.6) is 0 Å². The molecular formula is C22H26N2. The summed E-state index contributed by atoms with van der Waals surface area (Å²) >= 11 is 0. The van der Waals surface area contributed by atoms with Crippen LogP contribution in [0.4, 0.5) is 0 Å². The molecule has 1 aliphatic carbocycles. The highest BCUT2D eigenvalue weighted by Crippen LogP contribution is 2.42. The first-order valence-electron chi connectivity index (χ1n) is 9.12. The molecule has 124 valence electrons. The molecule has 0 bridgehead atoms. The third kappa shape index (κ3) is 2.80. The summed E-state index contributed by atoms with van der Waals surface area (Å²) in [6.45, 7) is 7.85. The van der Waals surface area contributed by atoms with Crippen molar-refractivity contribution >= 4 is 6.08 Å². The van der Waals surface area contributed by atoms with Crippen molar-refractivity contribution in [3.8, 4) is 0 Å². The third-order valence-electron chi connectivity index (χ3n) is 5.69. The van der Waals surface area contributed by atoms with E-state index in [0.717, 1.165) is 19.6 Å². The van der Waals surface area contributed by atoms with E-state index in [1.165, 1.54) is 35.2 Å². The van der Waals surface area contributed by atoms with E-state index in [-0.39, 0.29) is 5.41 Å². The Balaban J connectivity index is 1.41. The van der Waals surface area contributed by atoms with Crippen LogP contribution in [-0.2, 0) is 12.0 Å². The fourth-order valence-electron chi connectivity index (χ4n) is 4.08. The monoisotopic (exact) mass is 318 g/mol. The molecular weight excluding hydrogens is 292 g/mol. The molecule has 2 heterocycles. The number of nitrogens with zero attached hydrogens (tertiary/aromatic N) is 2. The normalized spacial score (nSPS) is 19.1. The van der Waals surface area contributed by atoms with Crippen molar-refractivity contribution in [2.75, 3.05) is 13.1 Å². The molecule has 1 spiro atoms. The third-order valence-corrected chi connectivity index (χ3v) is 5.69. The maximum absolute atomic E-state index is 4.69. The summed E-state index contributed by atoms with van der Waals surface area (Å²) in [6, 6.07) is 13.4. The van der Waals surface area contributed by atoms with E-state index < -0.39 is 0 Å². The molecule has 4 rings (SSSR count). The fraction of sp³-hybridized carbons (Fsp3) is 0.409. The molecule has 0 saturated carbocycles. The molecule has 1 aromatic heterocycles. The Kier molecular flexibility index (Phi) is 4.01. The smallest absolute Gasteiger partial charge is 0.0576 e. The van der Waals surface area contributed by atoms with Gasteiger partial charge in [0.05, 0.1) is 5.69 Å². The van der Waals surface area contributed by atoms with Crippen molar-refractivity contribution < 1.29 is 0 Å². The van der Waals surface area contributed by atoms with Crippen molar-refractivity contribution in [3.63, 3.8) is 0 Å². The quantitative estimate of drug-likeness (QED) is 0.810. The zero-order valence-electron chi connectivity index (χ0n) is 14.7. The lowest BCUT2D eigenvalue weighted by Crippen LogP contribution is -2.41. The van der Waals surface area contributed by atoms with Gasteiger partial charge in [-0.15, -0.1) is 0 Å². The van der Waals surface area contributed by atoms with Crippen LogP contribution in [0.15, 0.2) is 48.7 Å². The van der Waals surface area contributed by atoms with Gasteiger partial charge < -0.3 is 0 Å². The molecule has 0 atom stereocenters. The average Bonchev–Trinajstić information content (AvgIpc) is 2.97. The number of likely N-dealkylation sites (tertiary alicyclic amines) is 1. The number of hydrogen-bond acceptors (Lipinski definition) is 2. The molecule has 2 aliphatic rings. The van der Waals surface area contributed by atoms with Crippen molar-refractivity contribution in [2.45, 2.75) is 44.6 Å². The summed E-state index contributed by atoms with van der Waals surface area (Å²) in [4.78, 5) is 7.28. The van der Waals surface area contributed by atoms with E-state index in [4.69, 9.17) is 4.98 Å². The second kappa shape index (κ2) is 6.18. The molecule has 0 radical (unpaired) electrons. The van der Waals surface area contributed by atoms with Crippen LogP contribution in [-0.4, -0.2) is 23.0 Å². The SMILES string of the molecule is CC(C)c1ccc(CN2CCC3(C=Cc4cccnc43)CC2)cc1. The molecule has 24 heavy (non-hydrogen) atoms. The number of piperidine rings is 1. The van der Waals surface area contributed by atoms with Crippen molar-refractivity contribution in [3.05, 3.63) is 71.1 Å². The van der Waals surface area contributed by atoms with Crippen LogP contribution in [0.3, 0.4) is 0 Å². The molecule has 2 nitrogen and oxygen atoms in total. The van der Waals surface area contributed by atoms with Crippen LogP contribution < -0.4 is 0 Å². The molecule has 1 aromatic carbocycles. The van der Waals surface area contributed by atoms with Gasteiger partial charge >= 0.3 is 0 Å². The Morgan fingerprint density at radius 3 is 2.54 bits per heavy atom. The van der Waals surface area contributed by atoms with Gasteiger partial charge in [-0.2, -0.15) is 0 Å². The van der Waals surface area contributed by atoms with Crippen LogP contribution >= 0.6 is 0 Å². The van der Waals surface area contributed by atoms with Crippen LogP contribution in [0, 0.1) is 0 Å². The van der Waals surface area contributed by atoms with Crippen molar-refractivity contribution in [1.82, 2.24) is 9.88 Å². The number of rotatable bonds is 3. The number of allylic oxidation sites excluding steroid dienone is 1. The highest BCUT2D eigenvalue weighted by molar-refractivity contribution is 5.63. The zero-order chi connectivity index (χ0) is 16.6. The van der Waals surface area contributed by atoms with E-state index in [2.05, 4.69) is 61.2 Å². The highest BCUT2D eigenvalue weighted by Gasteiger charge is 2.39. The lowest BCUT2D eigenvalue weighted by atomic mass is 9.77. The summed E-state index contributed by atoms with van der Waals surface area (Å²) in [5.74, 6) is 0.607. The Bertz CT molecular complexity index is 735. The van der Waals surface area contributed by atoms with E-state index in [1.54, 1.807) is 0 Å². The van der Waals surface area contributed by atoms with Crippen LogP contribution in [0.1, 0.15) is 55.0 Å². The topological polar surface area (TPSA) is 16.1 Å². The maximum Gasteiger partial charge on any atom is 0.0576 e. The minimum absolute atomic E-state index is 0.189. The number of fused-ring (bicyclic) bond motifs is 2. The lowest BCUT2D eigenvalue weighted by molar-refractivity contribution is 0.175. The largest absolute Gasteiger partial charge is 0.299 e. The van der Waals surface area contributed by atoms with Gasteiger partial charge in [0.25, 0.3) is 0 Å². The van der Waals surface area contributed by atoms with Gasteiger partial charge in [0, 0.05) is 18.2 Å². The Labute approximate surface area is 145 Å².